The summed E-state index contributed by atoms with van der Waals surface area (Å²) in [7, 11) is 1.30. The van der Waals surface area contributed by atoms with Gasteiger partial charge in [0.1, 0.15) is 23.4 Å². The number of halogens is 3. The van der Waals surface area contributed by atoms with E-state index in [1.807, 2.05) is 4.90 Å². The molecular weight excluding hydrogens is 399 g/mol. The van der Waals surface area contributed by atoms with Crippen molar-refractivity contribution in [3.63, 3.8) is 0 Å². The predicted molar refractivity (Wildman–Crippen MR) is 103 cm³/mol. The maximum absolute atomic E-state index is 13.0. The van der Waals surface area contributed by atoms with E-state index < -0.39 is 17.8 Å². The monoisotopic (exact) mass is 423 g/mol. The highest BCUT2D eigenvalue weighted by Gasteiger charge is 2.39. The van der Waals surface area contributed by atoms with E-state index in [4.69, 9.17) is 9.15 Å². The summed E-state index contributed by atoms with van der Waals surface area (Å²) >= 11 is 0. The first-order valence-electron chi connectivity index (χ1n) is 10.0. The number of methoxy groups -OCH3 is 1. The zero-order valence-electron chi connectivity index (χ0n) is 16.8. The van der Waals surface area contributed by atoms with Gasteiger partial charge in [-0.1, -0.05) is 0 Å². The molecular formula is C22H24F3NO4. The van der Waals surface area contributed by atoms with Gasteiger partial charge in [0.2, 0.25) is 5.91 Å². The van der Waals surface area contributed by atoms with Gasteiger partial charge in [0.05, 0.1) is 18.2 Å². The fraction of sp³-hybridized carbons (Fsp3) is 0.500. The zero-order chi connectivity index (χ0) is 21.6. The number of hydrogen-bond acceptors (Lipinski definition) is 4. The maximum atomic E-state index is 13.0. The SMILES string of the molecule is COc1cc(C(F)(F)F)ccc1-c1oc(C(O)[C@@H]2CC[C@H]3CCC(=O)N3C2)cc1C. The highest BCUT2D eigenvalue weighted by molar-refractivity contribution is 5.79. The highest BCUT2D eigenvalue weighted by atomic mass is 19.4. The smallest absolute Gasteiger partial charge is 0.416 e. The van der Waals surface area contributed by atoms with Crippen molar-refractivity contribution in [1.29, 1.82) is 0 Å². The summed E-state index contributed by atoms with van der Waals surface area (Å²) in [6, 6.07) is 5.21. The molecule has 1 aromatic heterocycles. The first-order chi connectivity index (χ1) is 14.2. The summed E-state index contributed by atoms with van der Waals surface area (Å²) < 4.78 is 50.1. The van der Waals surface area contributed by atoms with E-state index in [1.54, 1.807) is 13.0 Å². The molecule has 1 aromatic carbocycles. The quantitative estimate of drug-likeness (QED) is 0.773. The van der Waals surface area contributed by atoms with Gasteiger partial charge in [0.25, 0.3) is 0 Å². The molecule has 0 saturated carbocycles. The molecule has 4 rings (SSSR count). The average Bonchev–Trinajstić information content (AvgIpc) is 3.28. The molecule has 2 aliphatic heterocycles. The summed E-state index contributed by atoms with van der Waals surface area (Å²) in [5.74, 6) is 0.741. The van der Waals surface area contributed by atoms with Crippen LogP contribution in [0.25, 0.3) is 11.3 Å². The second-order valence-electron chi connectivity index (χ2n) is 8.09. The number of benzene rings is 1. The molecule has 1 N–H and O–H groups in total. The highest BCUT2D eigenvalue weighted by Crippen LogP contribution is 2.42. The second kappa shape index (κ2) is 7.65. The van der Waals surface area contributed by atoms with Crippen molar-refractivity contribution < 1.29 is 32.2 Å². The van der Waals surface area contributed by atoms with Crippen molar-refractivity contribution in [1.82, 2.24) is 4.90 Å². The van der Waals surface area contributed by atoms with E-state index in [9.17, 15) is 23.1 Å². The Labute approximate surface area is 172 Å². The molecule has 2 aromatic rings. The number of carbonyl (C=O) groups excluding carboxylic acids is 1. The molecule has 2 fully saturated rings. The minimum Gasteiger partial charge on any atom is -0.496 e. The van der Waals surface area contributed by atoms with E-state index in [-0.39, 0.29) is 23.6 Å². The number of furan rings is 1. The van der Waals surface area contributed by atoms with Crippen molar-refractivity contribution in [2.24, 2.45) is 5.92 Å². The molecule has 30 heavy (non-hydrogen) atoms. The van der Waals surface area contributed by atoms with E-state index in [1.165, 1.54) is 13.2 Å². The minimum absolute atomic E-state index is 0.0477. The van der Waals surface area contributed by atoms with Crippen LogP contribution in [0.4, 0.5) is 13.2 Å². The van der Waals surface area contributed by atoms with E-state index in [2.05, 4.69) is 0 Å². The standard InChI is InChI=1S/C22H24F3NO4/c1-12-9-18(20(28)13-3-5-15-6-8-19(27)26(15)11-13)30-21(12)16-7-4-14(22(23,24)25)10-17(16)29-2/h4,7,9-10,13,15,20,28H,3,5-6,8,11H2,1-2H3/t13-,15+,20?/m1/s1. The number of ether oxygens (including phenoxy) is 1. The number of rotatable bonds is 4. The molecule has 8 heteroatoms. The number of alkyl halides is 3. The summed E-state index contributed by atoms with van der Waals surface area (Å²) in [5, 5.41) is 10.9. The van der Waals surface area contributed by atoms with E-state index >= 15 is 0 Å². The molecule has 2 saturated heterocycles. The van der Waals surface area contributed by atoms with Crippen molar-refractivity contribution in [3.8, 4) is 17.1 Å². The van der Waals surface area contributed by atoms with Crippen LogP contribution < -0.4 is 4.74 Å². The predicted octanol–water partition coefficient (Wildman–Crippen LogP) is 4.72. The lowest BCUT2D eigenvalue weighted by Crippen LogP contribution is -2.43. The van der Waals surface area contributed by atoms with Crippen LogP contribution in [0.5, 0.6) is 5.75 Å². The number of fused-ring (bicyclic) bond motifs is 1. The Balaban J connectivity index is 1.60. The number of hydrogen-bond donors (Lipinski definition) is 1. The molecule has 0 spiro atoms. The van der Waals surface area contributed by atoms with E-state index in [0.29, 0.717) is 35.6 Å². The van der Waals surface area contributed by atoms with Crippen LogP contribution in [-0.4, -0.2) is 35.6 Å². The van der Waals surface area contributed by atoms with E-state index in [0.717, 1.165) is 31.4 Å². The van der Waals surface area contributed by atoms with Crippen molar-refractivity contribution in [3.05, 3.63) is 41.2 Å². The lowest BCUT2D eigenvalue weighted by molar-refractivity contribution is -0.137. The second-order valence-corrected chi connectivity index (χ2v) is 8.09. The number of aryl methyl sites for hydroxylation is 1. The maximum Gasteiger partial charge on any atom is 0.416 e. The third-order valence-electron chi connectivity index (χ3n) is 6.20. The first-order valence-corrected chi connectivity index (χ1v) is 10.0. The van der Waals surface area contributed by atoms with Crippen LogP contribution in [0.2, 0.25) is 0 Å². The summed E-state index contributed by atoms with van der Waals surface area (Å²) in [4.78, 5) is 13.9. The number of carbonyl (C=O) groups is 1. The Kier molecular flexibility index (Phi) is 5.30. The van der Waals surface area contributed by atoms with Crippen molar-refractivity contribution >= 4 is 5.91 Å². The Morgan fingerprint density at radius 2 is 2.00 bits per heavy atom. The molecule has 0 aliphatic carbocycles. The van der Waals surface area contributed by atoms with Crippen LogP contribution in [0.1, 0.15) is 48.7 Å². The molecule has 162 valence electrons. The van der Waals surface area contributed by atoms with Gasteiger partial charge < -0.3 is 19.2 Å². The van der Waals surface area contributed by atoms with Gasteiger partial charge in [-0.2, -0.15) is 13.2 Å². The van der Waals surface area contributed by atoms with Gasteiger partial charge in [-0.15, -0.1) is 0 Å². The molecule has 5 nitrogen and oxygen atoms in total. The van der Waals surface area contributed by atoms with Gasteiger partial charge in [0, 0.05) is 24.9 Å². The molecule has 3 atom stereocenters. The molecule has 2 aliphatic rings. The van der Waals surface area contributed by atoms with Crippen LogP contribution in [-0.2, 0) is 11.0 Å². The van der Waals surface area contributed by atoms with Gasteiger partial charge in [0.15, 0.2) is 0 Å². The normalized spacial score (nSPS) is 22.9. The average molecular weight is 423 g/mol. The van der Waals surface area contributed by atoms with Crippen LogP contribution in [0, 0.1) is 12.8 Å². The summed E-state index contributed by atoms with van der Waals surface area (Å²) in [6.45, 7) is 2.26. The number of amides is 1. The molecule has 0 bridgehead atoms. The van der Waals surface area contributed by atoms with Crippen LogP contribution in [0.15, 0.2) is 28.7 Å². The molecule has 3 heterocycles. The summed E-state index contributed by atoms with van der Waals surface area (Å²) in [5.41, 5.74) is 0.271. The first kappa shape index (κ1) is 20.8. The van der Waals surface area contributed by atoms with Crippen molar-refractivity contribution in [2.75, 3.05) is 13.7 Å². The zero-order valence-corrected chi connectivity index (χ0v) is 16.8. The lowest BCUT2D eigenvalue weighted by atomic mass is 9.88. The van der Waals surface area contributed by atoms with Gasteiger partial charge in [-0.05, 0) is 56.0 Å². The largest absolute Gasteiger partial charge is 0.496 e. The molecule has 1 amide bonds. The Hall–Kier alpha value is -2.48. The number of piperidine rings is 1. The van der Waals surface area contributed by atoms with Gasteiger partial charge >= 0.3 is 6.18 Å². The Morgan fingerprint density at radius 3 is 2.70 bits per heavy atom. The van der Waals surface area contributed by atoms with Crippen LogP contribution >= 0.6 is 0 Å². The fourth-order valence-electron chi connectivity index (χ4n) is 4.56. The lowest BCUT2D eigenvalue weighted by Gasteiger charge is -2.36. The number of aliphatic hydroxyl groups excluding tert-OH is 1. The Bertz CT molecular complexity index is 952. The number of aliphatic hydroxyl groups is 1. The summed E-state index contributed by atoms with van der Waals surface area (Å²) in [6.07, 6.45) is -2.30. The van der Waals surface area contributed by atoms with Gasteiger partial charge in [-0.3, -0.25) is 4.79 Å². The Morgan fingerprint density at radius 1 is 1.23 bits per heavy atom. The van der Waals surface area contributed by atoms with Gasteiger partial charge in [-0.25, -0.2) is 0 Å². The molecule has 0 radical (unpaired) electrons. The topological polar surface area (TPSA) is 62.9 Å². The van der Waals surface area contributed by atoms with Crippen LogP contribution in [0.3, 0.4) is 0 Å². The minimum atomic E-state index is -4.47. The third-order valence-corrected chi connectivity index (χ3v) is 6.20. The number of nitrogens with zero attached hydrogens (tertiary/aromatic N) is 1. The molecule has 1 unspecified atom stereocenters. The van der Waals surface area contributed by atoms with Crippen molar-refractivity contribution in [2.45, 2.75) is 50.9 Å². The fourth-order valence-corrected chi connectivity index (χ4v) is 4.56. The third kappa shape index (κ3) is 3.69.